The number of hydrogen-bond acceptors (Lipinski definition) is 4. The summed E-state index contributed by atoms with van der Waals surface area (Å²) >= 11 is 0. The first-order valence-corrected chi connectivity index (χ1v) is 7.93. The van der Waals surface area contributed by atoms with E-state index in [0.717, 1.165) is 19.3 Å². The summed E-state index contributed by atoms with van der Waals surface area (Å²) in [5.41, 5.74) is 0. The first-order chi connectivity index (χ1) is 9.57. The van der Waals surface area contributed by atoms with E-state index in [0.29, 0.717) is 6.42 Å². The summed E-state index contributed by atoms with van der Waals surface area (Å²) in [5, 5.41) is 28.5. The van der Waals surface area contributed by atoms with Crippen molar-refractivity contribution in [3.8, 4) is 0 Å². The zero-order chi connectivity index (χ0) is 15.2. The summed E-state index contributed by atoms with van der Waals surface area (Å²) in [5.74, 6) is -1.03. The van der Waals surface area contributed by atoms with Crippen molar-refractivity contribution in [2.24, 2.45) is 0 Å². The Kier molecular flexibility index (Phi) is 12.9. The zero-order valence-corrected chi connectivity index (χ0v) is 12.7. The van der Waals surface area contributed by atoms with E-state index in [1.54, 1.807) is 0 Å². The van der Waals surface area contributed by atoms with Crippen LogP contribution in [0.25, 0.3) is 0 Å². The molecule has 120 valence electrons. The van der Waals surface area contributed by atoms with Crippen LogP contribution in [0.5, 0.6) is 0 Å². The van der Waals surface area contributed by atoms with Gasteiger partial charge in [0.1, 0.15) is 6.04 Å². The topological polar surface area (TPSA) is 89.8 Å². The number of aliphatic carboxylic acids is 1. The van der Waals surface area contributed by atoms with E-state index >= 15 is 0 Å². The number of carboxylic acid groups (broad SMARTS) is 1. The Balaban J connectivity index is 3.39. The molecule has 0 aliphatic carbocycles. The molecule has 0 radical (unpaired) electrons. The average molecular weight is 289 g/mol. The fraction of sp³-hybridized carbons (Fsp3) is 0.933. The highest BCUT2D eigenvalue weighted by Gasteiger charge is 2.18. The Morgan fingerprint density at radius 1 is 0.900 bits per heavy atom. The minimum absolute atomic E-state index is 0.434. The normalized spacial score (nSPS) is 12.8. The second-order valence-corrected chi connectivity index (χ2v) is 5.40. The van der Waals surface area contributed by atoms with Gasteiger partial charge in [0.15, 0.2) is 0 Å². The van der Waals surface area contributed by atoms with E-state index < -0.39 is 18.4 Å². The summed E-state index contributed by atoms with van der Waals surface area (Å²) in [7, 11) is 0. The van der Waals surface area contributed by atoms with Crippen molar-refractivity contribution in [2.75, 3.05) is 0 Å². The molecule has 0 aliphatic rings. The summed E-state index contributed by atoms with van der Waals surface area (Å²) < 4.78 is 0. The largest absolute Gasteiger partial charge is 0.480 e. The predicted octanol–water partition coefficient (Wildman–Crippen LogP) is 2.61. The van der Waals surface area contributed by atoms with Crippen molar-refractivity contribution in [1.29, 1.82) is 0 Å². The van der Waals surface area contributed by atoms with Gasteiger partial charge in [0.2, 0.25) is 6.41 Å². The lowest BCUT2D eigenvalue weighted by Crippen LogP contribution is -2.43. The fourth-order valence-electron chi connectivity index (χ4n) is 2.29. The van der Waals surface area contributed by atoms with Crippen LogP contribution in [0.3, 0.4) is 0 Å². The van der Waals surface area contributed by atoms with Crippen molar-refractivity contribution in [1.82, 2.24) is 5.32 Å². The first-order valence-electron chi connectivity index (χ1n) is 7.93. The van der Waals surface area contributed by atoms with Crippen LogP contribution in [-0.4, -0.2) is 33.7 Å². The van der Waals surface area contributed by atoms with Gasteiger partial charge in [-0.25, -0.2) is 0 Å². The summed E-state index contributed by atoms with van der Waals surface area (Å²) in [6, 6.07) is -0.871. The van der Waals surface area contributed by atoms with E-state index in [2.05, 4.69) is 12.2 Å². The number of aliphatic hydroxyl groups is 2. The molecule has 0 rings (SSSR count). The number of hydrogen-bond donors (Lipinski definition) is 4. The SMILES string of the molecule is CCCCCCCCCCCCC(NC(O)O)C(=O)O. The molecule has 0 fully saturated rings. The van der Waals surface area contributed by atoms with Crippen molar-refractivity contribution in [3.63, 3.8) is 0 Å². The Hall–Kier alpha value is -0.650. The van der Waals surface area contributed by atoms with Crippen molar-refractivity contribution < 1.29 is 20.1 Å². The molecule has 0 spiro atoms. The van der Waals surface area contributed by atoms with Crippen molar-refractivity contribution in [3.05, 3.63) is 0 Å². The maximum Gasteiger partial charge on any atom is 0.320 e. The van der Waals surface area contributed by atoms with Gasteiger partial charge >= 0.3 is 5.97 Å². The minimum Gasteiger partial charge on any atom is -0.480 e. The summed E-state index contributed by atoms with van der Waals surface area (Å²) in [6.45, 7) is 2.22. The van der Waals surface area contributed by atoms with E-state index in [1.165, 1.54) is 44.9 Å². The molecule has 0 aromatic carbocycles. The van der Waals surface area contributed by atoms with Gasteiger partial charge in [-0.1, -0.05) is 71.1 Å². The van der Waals surface area contributed by atoms with Gasteiger partial charge in [-0.05, 0) is 6.42 Å². The summed E-state index contributed by atoms with van der Waals surface area (Å²) in [4.78, 5) is 10.8. The molecule has 0 aromatic rings. The van der Waals surface area contributed by atoms with Crippen LogP contribution in [0.15, 0.2) is 0 Å². The third-order valence-electron chi connectivity index (χ3n) is 3.49. The third kappa shape index (κ3) is 12.4. The van der Waals surface area contributed by atoms with E-state index in [1.807, 2.05) is 0 Å². The van der Waals surface area contributed by atoms with Gasteiger partial charge in [-0.2, -0.15) is 0 Å². The molecule has 1 unspecified atom stereocenters. The van der Waals surface area contributed by atoms with Crippen LogP contribution in [0.1, 0.15) is 77.6 Å². The van der Waals surface area contributed by atoms with E-state index in [4.69, 9.17) is 15.3 Å². The van der Waals surface area contributed by atoms with Crippen LogP contribution in [0, 0.1) is 0 Å². The fourth-order valence-corrected chi connectivity index (χ4v) is 2.29. The predicted molar refractivity (Wildman–Crippen MR) is 79.2 cm³/mol. The molecule has 0 bridgehead atoms. The molecular formula is C15H31NO4. The third-order valence-corrected chi connectivity index (χ3v) is 3.49. The molecular weight excluding hydrogens is 258 g/mol. The van der Waals surface area contributed by atoms with Gasteiger partial charge < -0.3 is 15.3 Å². The molecule has 0 aromatic heterocycles. The van der Waals surface area contributed by atoms with Gasteiger partial charge in [0.25, 0.3) is 0 Å². The number of carbonyl (C=O) groups is 1. The maximum atomic E-state index is 10.8. The van der Waals surface area contributed by atoms with Crippen molar-refractivity contribution >= 4 is 5.97 Å². The molecule has 5 nitrogen and oxygen atoms in total. The molecule has 20 heavy (non-hydrogen) atoms. The second kappa shape index (κ2) is 13.3. The highest BCUT2D eigenvalue weighted by molar-refractivity contribution is 5.73. The van der Waals surface area contributed by atoms with Crippen LogP contribution >= 0.6 is 0 Å². The summed E-state index contributed by atoms with van der Waals surface area (Å²) in [6.07, 6.45) is 10.6. The highest BCUT2D eigenvalue weighted by Crippen LogP contribution is 2.12. The standard InChI is InChI=1S/C15H31NO4/c1-2-3-4-5-6-7-8-9-10-11-12-13(14(17)18)16-15(19)20/h13,15-16,19-20H,2-12H2,1H3,(H,17,18). The minimum atomic E-state index is -1.76. The lowest BCUT2D eigenvalue weighted by molar-refractivity contribution is -0.145. The Bertz CT molecular complexity index is 234. The molecule has 0 aliphatic heterocycles. The van der Waals surface area contributed by atoms with Crippen LogP contribution in [-0.2, 0) is 4.79 Å². The van der Waals surface area contributed by atoms with E-state index in [9.17, 15) is 4.79 Å². The van der Waals surface area contributed by atoms with Gasteiger partial charge in [0, 0.05) is 0 Å². The van der Waals surface area contributed by atoms with Crippen molar-refractivity contribution in [2.45, 2.75) is 90.0 Å². The molecule has 0 saturated carbocycles. The lowest BCUT2D eigenvalue weighted by atomic mass is 10.0. The second-order valence-electron chi connectivity index (χ2n) is 5.40. The molecule has 0 heterocycles. The molecule has 0 saturated heterocycles. The van der Waals surface area contributed by atoms with Crippen LogP contribution in [0.2, 0.25) is 0 Å². The number of unbranched alkanes of at least 4 members (excludes halogenated alkanes) is 9. The van der Waals surface area contributed by atoms with E-state index in [-0.39, 0.29) is 0 Å². The molecule has 4 N–H and O–H groups in total. The van der Waals surface area contributed by atoms with Gasteiger partial charge in [-0.3, -0.25) is 10.1 Å². The quantitative estimate of drug-likeness (QED) is 0.291. The zero-order valence-electron chi connectivity index (χ0n) is 12.7. The smallest absolute Gasteiger partial charge is 0.320 e. The molecule has 5 heteroatoms. The first kappa shape index (κ1) is 19.4. The highest BCUT2D eigenvalue weighted by atomic mass is 16.5. The lowest BCUT2D eigenvalue weighted by Gasteiger charge is -2.15. The Morgan fingerprint density at radius 2 is 1.35 bits per heavy atom. The van der Waals surface area contributed by atoms with Crippen LogP contribution < -0.4 is 5.32 Å². The number of carboxylic acids is 1. The Labute approximate surface area is 122 Å². The number of aliphatic hydroxyl groups excluding tert-OH is 1. The number of rotatable bonds is 14. The monoisotopic (exact) mass is 289 g/mol. The van der Waals surface area contributed by atoms with Gasteiger partial charge in [0.05, 0.1) is 0 Å². The average Bonchev–Trinajstić information content (AvgIpc) is 2.39. The number of nitrogens with one attached hydrogen (secondary N) is 1. The molecule has 0 amide bonds. The Morgan fingerprint density at radius 3 is 1.75 bits per heavy atom. The van der Waals surface area contributed by atoms with Gasteiger partial charge in [-0.15, -0.1) is 0 Å². The maximum absolute atomic E-state index is 10.8. The molecule has 1 atom stereocenters. The van der Waals surface area contributed by atoms with Crippen LogP contribution in [0.4, 0.5) is 0 Å².